The van der Waals surface area contributed by atoms with Gasteiger partial charge >= 0.3 is 0 Å². The molecule has 3 nitrogen and oxygen atoms in total. The summed E-state index contributed by atoms with van der Waals surface area (Å²) in [5.41, 5.74) is 5.56. The number of hydrogen-bond donors (Lipinski definition) is 1. The van der Waals surface area contributed by atoms with Crippen molar-refractivity contribution in [3.05, 3.63) is 0 Å². The highest BCUT2D eigenvalue weighted by atomic mass is 35.5. The first kappa shape index (κ1) is 10.7. The van der Waals surface area contributed by atoms with Gasteiger partial charge in [0.2, 0.25) is 0 Å². The van der Waals surface area contributed by atoms with Gasteiger partial charge in [-0.2, -0.15) is 0 Å². The van der Waals surface area contributed by atoms with Crippen LogP contribution >= 0.6 is 12.4 Å². The van der Waals surface area contributed by atoms with E-state index in [4.69, 9.17) is 5.73 Å². The molecule has 1 aliphatic rings. The number of nitrogens with two attached hydrogens (primary N) is 1. The lowest BCUT2D eigenvalue weighted by Crippen LogP contribution is -2.44. The molecule has 1 saturated carbocycles. The lowest BCUT2D eigenvalue weighted by molar-refractivity contribution is -0.312. The quantitative estimate of drug-likeness (QED) is 0.598. The molecular formula is C7H13ClNO2-. The highest BCUT2D eigenvalue weighted by Gasteiger charge is 2.21. The standard InChI is InChI=1S/C7H13NO2.ClH/c8-6-4-2-1-3-5(6)7(9)10;/h5-6H,1-4,8H2,(H,9,10);1H/p-1/t5-,6+;/m1./s1. The predicted octanol–water partition coefficient (Wildman–Crippen LogP) is -0.324. The fourth-order valence-corrected chi connectivity index (χ4v) is 1.45. The SMILES string of the molecule is Cl.N[C@H]1CCCC[C@H]1C(=O)[O-]. The van der Waals surface area contributed by atoms with Gasteiger partial charge < -0.3 is 15.6 Å². The van der Waals surface area contributed by atoms with E-state index in [0.717, 1.165) is 19.3 Å². The monoisotopic (exact) mass is 178 g/mol. The van der Waals surface area contributed by atoms with E-state index < -0.39 is 11.9 Å². The second kappa shape index (κ2) is 4.57. The van der Waals surface area contributed by atoms with Gasteiger partial charge in [-0.1, -0.05) is 12.8 Å². The molecule has 0 heterocycles. The summed E-state index contributed by atoms with van der Waals surface area (Å²) in [6, 6.07) is -0.168. The number of carbonyl (C=O) groups is 1. The molecule has 0 aromatic heterocycles. The Hall–Kier alpha value is -0.280. The molecule has 2 atom stereocenters. The van der Waals surface area contributed by atoms with Gasteiger partial charge in [0.05, 0.1) is 0 Å². The Labute approximate surface area is 72.4 Å². The Morgan fingerprint density at radius 2 is 1.91 bits per heavy atom. The number of hydrogen-bond acceptors (Lipinski definition) is 3. The zero-order chi connectivity index (χ0) is 7.56. The predicted molar refractivity (Wildman–Crippen MR) is 42.2 cm³/mol. The maximum absolute atomic E-state index is 10.4. The third-order valence-electron chi connectivity index (χ3n) is 2.12. The summed E-state index contributed by atoms with van der Waals surface area (Å²) < 4.78 is 0. The van der Waals surface area contributed by atoms with Crippen molar-refractivity contribution in [3.63, 3.8) is 0 Å². The van der Waals surface area contributed by atoms with E-state index in [0.29, 0.717) is 6.42 Å². The summed E-state index contributed by atoms with van der Waals surface area (Å²) >= 11 is 0. The summed E-state index contributed by atoms with van der Waals surface area (Å²) in [4.78, 5) is 10.4. The maximum atomic E-state index is 10.4. The Balaban J connectivity index is 0.000001000. The number of halogens is 1. The fourth-order valence-electron chi connectivity index (χ4n) is 1.45. The van der Waals surface area contributed by atoms with Crippen molar-refractivity contribution in [2.75, 3.05) is 0 Å². The van der Waals surface area contributed by atoms with Crippen molar-refractivity contribution in [1.29, 1.82) is 0 Å². The third kappa shape index (κ3) is 2.67. The lowest BCUT2D eigenvalue weighted by atomic mass is 9.85. The Kier molecular flexibility index (Phi) is 4.45. The molecule has 0 aliphatic heterocycles. The Morgan fingerprint density at radius 1 is 1.36 bits per heavy atom. The lowest BCUT2D eigenvalue weighted by Gasteiger charge is -2.28. The second-order valence-electron chi connectivity index (χ2n) is 2.87. The van der Waals surface area contributed by atoms with Gasteiger partial charge in [-0.25, -0.2) is 0 Å². The molecule has 1 rings (SSSR count). The van der Waals surface area contributed by atoms with Gasteiger partial charge in [-0.05, 0) is 12.8 Å². The molecule has 0 amide bonds. The van der Waals surface area contributed by atoms with Gasteiger partial charge in [0.1, 0.15) is 0 Å². The van der Waals surface area contributed by atoms with Crippen LogP contribution in [0.4, 0.5) is 0 Å². The smallest absolute Gasteiger partial charge is 0.0460 e. The molecule has 66 valence electrons. The highest BCUT2D eigenvalue weighted by molar-refractivity contribution is 5.85. The van der Waals surface area contributed by atoms with E-state index in [9.17, 15) is 9.90 Å². The van der Waals surface area contributed by atoms with E-state index in [2.05, 4.69) is 0 Å². The largest absolute Gasteiger partial charge is 0.550 e. The van der Waals surface area contributed by atoms with Crippen molar-refractivity contribution in [2.45, 2.75) is 31.7 Å². The molecule has 0 bridgehead atoms. The minimum absolute atomic E-state index is 0. The minimum Gasteiger partial charge on any atom is -0.550 e. The summed E-state index contributed by atoms with van der Waals surface area (Å²) in [7, 11) is 0. The third-order valence-corrected chi connectivity index (χ3v) is 2.12. The van der Waals surface area contributed by atoms with Gasteiger partial charge in [-0.3, -0.25) is 0 Å². The molecule has 1 aliphatic carbocycles. The van der Waals surface area contributed by atoms with Crippen LogP contribution in [0.5, 0.6) is 0 Å². The average Bonchev–Trinajstić information content (AvgIpc) is 1.88. The van der Waals surface area contributed by atoms with Crippen molar-refractivity contribution in [1.82, 2.24) is 0 Å². The number of rotatable bonds is 1. The topological polar surface area (TPSA) is 66.2 Å². The van der Waals surface area contributed by atoms with Crippen molar-refractivity contribution in [2.24, 2.45) is 11.7 Å². The van der Waals surface area contributed by atoms with Crippen LogP contribution < -0.4 is 10.8 Å². The van der Waals surface area contributed by atoms with Crippen LogP contribution in [-0.4, -0.2) is 12.0 Å². The molecule has 2 N–H and O–H groups in total. The van der Waals surface area contributed by atoms with E-state index in [1.165, 1.54) is 0 Å². The van der Waals surface area contributed by atoms with Gasteiger partial charge in [-0.15, -0.1) is 12.4 Å². The van der Waals surface area contributed by atoms with Gasteiger partial charge in [0.25, 0.3) is 0 Å². The van der Waals surface area contributed by atoms with E-state index >= 15 is 0 Å². The zero-order valence-corrected chi connectivity index (χ0v) is 7.10. The first-order valence-corrected chi connectivity index (χ1v) is 3.68. The number of carboxylic acid groups (broad SMARTS) is 1. The van der Waals surface area contributed by atoms with Crippen LogP contribution in [0, 0.1) is 5.92 Å². The highest BCUT2D eigenvalue weighted by Crippen LogP contribution is 2.21. The van der Waals surface area contributed by atoms with Crippen molar-refractivity contribution >= 4 is 18.4 Å². The summed E-state index contributed by atoms with van der Waals surface area (Å²) in [5.74, 6) is -1.37. The van der Waals surface area contributed by atoms with Gasteiger partial charge in [0.15, 0.2) is 0 Å². The second-order valence-corrected chi connectivity index (χ2v) is 2.87. The van der Waals surface area contributed by atoms with Crippen LogP contribution in [0.3, 0.4) is 0 Å². The van der Waals surface area contributed by atoms with Crippen LogP contribution in [0.2, 0.25) is 0 Å². The van der Waals surface area contributed by atoms with E-state index in [1.54, 1.807) is 0 Å². The van der Waals surface area contributed by atoms with Crippen molar-refractivity contribution < 1.29 is 9.90 Å². The van der Waals surface area contributed by atoms with E-state index in [-0.39, 0.29) is 18.4 Å². The van der Waals surface area contributed by atoms with Crippen LogP contribution in [0.1, 0.15) is 25.7 Å². The van der Waals surface area contributed by atoms with Gasteiger partial charge in [0, 0.05) is 17.9 Å². The molecule has 11 heavy (non-hydrogen) atoms. The van der Waals surface area contributed by atoms with Crippen LogP contribution in [-0.2, 0) is 4.79 Å². The molecule has 0 radical (unpaired) electrons. The minimum atomic E-state index is -0.979. The number of aliphatic carboxylic acids is 1. The van der Waals surface area contributed by atoms with E-state index in [1.807, 2.05) is 0 Å². The summed E-state index contributed by atoms with van der Waals surface area (Å²) in [6.07, 6.45) is 3.57. The molecule has 1 fully saturated rings. The summed E-state index contributed by atoms with van der Waals surface area (Å²) in [5, 5.41) is 10.4. The first-order valence-electron chi connectivity index (χ1n) is 3.68. The zero-order valence-electron chi connectivity index (χ0n) is 6.29. The molecule has 4 heteroatoms. The van der Waals surface area contributed by atoms with Crippen LogP contribution in [0.25, 0.3) is 0 Å². The molecule has 0 aromatic rings. The Bertz CT molecular complexity index is 140. The normalized spacial score (nSPS) is 30.6. The fraction of sp³-hybridized carbons (Fsp3) is 0.857. The number of carbonyl (C=O) groups excluding carboxylic acids is 1. The first-order chi connectivity index (χ1) is 4.72. The summed E-state index contributed by atoms with van der Waals surface area (Å²) in [6.45, 7) is 0. The molecule has 0 aromatic carbocycles. The molecule has 0 spiro atoms. The Morgan fingerprint density at radius 3 is 2.27 bits per heavy atom. The van der Waals surface area contributed by atoms with Crippen molar-refractivity contribution in [3.8, 4) is 0 Å². The molecule has 0 saturated heterocycles. The maximum Gasteiger partial charge on any atom is 0.0460 e. The molecule has 0 unspecified atom stereocenters. The molecular weight excluding hydrogens is 166 g/mol. The van der Waals surface area contributed by atoms with Crippen LogP contribution in [0.15, 0.2) is 0 Å². The average molecular weight is 179 g/mol. The number of carboxylic acids is 1.